The molecule has 0 fully saturated rings. The lowest BCUT2D eigenvalue weighted by Gasteiger charge is -1.88. The highest BCUT2D eigenvalue weighted by atomic mass is 32.1. The largest absolute Gasteiger partial charge is 0.192 e. The van der Waals surface area contributed by atoms with Crippen LogP contribution in [0.5, 0.6) is 0 Å². The lowest BCUT2D eigenvalue weighted by molar-refractivity contribution is 1.50. The highest BCUT2D eigenvalue weighted by molar-refractivity contribution is 7.12. The first-order valence-electron chi connectivity index (χ1n) is 4.48. The summed E-state index contributed by atoms with van der Waals surface area (Å²) in [5.74, 6) is 0. The monoisotopic (exact) mass is 242 g/mol. The lowest BCUT2D eigenvalue weighted by Crippen LogP contribution is -1.72. The van der Waals surface area contributed by atoms with E-state index in [-0.39, 0.29) is 0 Å². The van der Waals surface area contributed by atoms with Gasteiger partial charge in [-0.2, -0.15) is 10.5 Å². The Labute approximate surface area is 101 Å². The fraction of sp³-hybridized carbons (Fsp3) is 0. The first-order chi connectivity index (χ1) is 7.85. The van der Waals surface area contributed by atoms with Gasteiger partial charge in [-0.25, -0.2) is 0 Å². The van der Waals surface area contributed by atoms with Crippen LogP contribution in [0.15, 0.2) is 22.9 Å². The number of hydrogen-bond acceptors (Lipinski definition) is 4. The second-order valence-electron chi connectivity index (χ2n) is 2.95. The van der Waals surface area contributed by atoms with Crippen molar-refractivity contribution >= 4 is 34.8 Å². The Hall–Kier alpha value is -1.88. The Kier molecular flexibility index (Phi) is 3.16. The third-order valence-corrected chi connectivity index (χ3v) is 3.78. The van der Waals surface area contributed by atoms with Crippen molar-refractivity contribution in [3.8, 4) is 12.1 Å². The van der Waals surface area contributed by atoms with Gasteiger partial charge in [0.05, 0.1) is 11.1 Å². The van der Waals surface area contributed by atoms with Gasteiger partial charge in [0.1, 0.15) is 12.1 Å². The second-order valence-corrected chi connectivity index (χ2v) is 4.85. The van der Waals surface area contributed by atoms with Gasteiger partial charge in [-0.15, -0.1) is 22.7 Å². The highest BCUT2D eigenvalue weighted by Gasteiger charge is 2.01. The predicted octanol–water partition coefficient (Wildman–Crippen LogP) is 3.72. The molecule has 0 saturated heterocycles. The Balaban J connectivity index is 2.30. The standard InChI is InChI=1S/C12H6N2S2/c13-7-9-3-5-15-11(9)1-2-12-10(8-14)4-6-16-12/h1-6H/b2-1+. The van der Waals surface area contributed by atoms with E-state index < -0.39 is 0 Å². The molecule has 0 aliphatic heterocycles. The summed E-state index contributed by atoms with van der Waals surface area (Å²) in [4.78, 5) is 1.86. The first-order valence-corrected chi connectivity index (χ1v) is 6.24. The van der Waals surface area contributed by atoms with E-state index in [1.54, 1.807) is 12.1 Å². The number of hydrogen-bond donors (Lipinski definition) is 0. The SMILES string of the molecule is N#Cc1ccsc1/C=C/c1sccc1C#N. The topological polar surface area (TPSA) is 47.6 Å². The molecule has 0 saturated carbocycles. The van der Waals surface area contributed by atoms with Crippen molar-refractivity contribution in [2.45, 2.75) is 0 Å². The number of rotatable bonds is 2. The minimum Gasteiger partial charge on any atom is -0.192 e. The summed E-state index contributed by atoms with van der Waals surface area (Å²) in [7, 11) is 0. The zero-order valence-electron chi connectivity index (χ0n) is 8.18. The van der Waals surface area contributed by atoms with Gasteiger partial charge in [0.15, 0.2) is 0 Å². The molecule has 0 amide bonds. The van der Waals surface area contributed by atoms with Crippen LogP contribution in [0.3, 0.4) is 0 Å². The molecule has 16 heavy (non-hydrogen) atoms. The van der Waals surface area contributed by atoms with Crippen LogP contribution in [0.2, 0.25) is 0 Å². The predicted molar refractivity (Wildman–Crippen MR) is 67.0 cm³/mol. The van der Waals surface area contributed by atoms with Crippen LogP contribution in [-0.4, -0.2) is 0 Å². The normalized spacial score (nSPS) is 10.1. The molecule has 0 N–H and O–H groups in total. The van der Waals surface area contributed by atoms with Crippen molar-refractivity contribution in [1.82, 2.24) is 0 Å². The third-order valence-electron chi connectivity index (χ3n) is 2.02. The van der Waals surface area contributed by atoms with Crippen LogP contribution in [0.25, 0.3) is 12.2 Å². The quantitative estimate of drug-likeness (QED) is 0.805. The van der Waals surface area contributed by atoms with Crippen LogP contribution in [0.1, 0.15) is 20.9 Å². The van der Waals surface area contributed by atoms with Crippen molar-refractivity contribution in [1.29, 1.82) is 10.5 Å². The molecule has 0 unspecified atom stereocenters. The van der Waals surface area contributed by atoms with Gasteiger partial charge in [-0.1, -0.05) is 0 Å². The average Bonchev–Trinajstić information content (AvgIpc) is 2.94. The van der Waals surface area contributed by atoms with Crippen molar-refractivity contribution in [2.24, 2.45) is 0 Å². The van der Waals surface area contributed by atoms with E-state index in [2.05, 4.69) is 12.1 Å². The minimum absolute atomic E-state index is 0.677. The molecule has 0 aliphatic carbocycles. The van der Waals surface area contributed by atoms with E-state index >= 15 is 0 Å². The van der Waals surface area contributed by atoms with Gasteiger partial charge in [0.25, 0.3) is 0 Å². The van der Waals surface area contributed by atoms with Crippen LogP contribution in [-0.2, 0) is 0 Å². The van der Waals surface area contributed by atoms with Crippen molar-refractivity contribution in [3.63, 3.8) is 0 Å². The van der Waals surface area contributed by atoms with Crippen molar-refractivity contribution in [3.05, 3.63) is 43.8 Å². The summed E-state index contributed by atoms with van der Waals surface area (Å²) in [5, 5.41) is 21.5. The van der Waals surface area contributed by atoms with E-state index in [1.807, 2.05) is 22.9 Å². The Morgan fingerprint density at radius 2 is 1.31 bits per heavy atom. The van der Waals surface area contributed by atoms with Gasteiger partial charge in [-0.3, -0.25) is 0 Å². The zero-order chi connectivity index (χ0) is 11.4. The zero-order valence-corrected chi connectivity index (χ0v) is 9.81. The van der Waals surface area contributed by atoms with E-state index in [1.165, 1.54) is 22.7 Å². The van der Waals surface area contributed by atoms with Crippen LogP contribution in [0, 0.1) is 22.7 Å². The summed E-state index contributed by atoms with van der Waals surface area (Å²) in [6.07, 6.45) is 3.77. The summed E-state index contributed by atoms with van der Waals surface area (Å²) in [5.41, 5.74) is 1.35. The van der Waals surface area contributed by atoms with Gasteiger partial charge in [-0.05, 0) is 35.0 Å². The molecule has 0 spiro atoms. The van der Waals surface area contributed by atoms with Crippen LogP contribution >= 0.6 is 22.7 Å². The fourth-order valence-electron chi connectivity index (χ4n) is 1.24. The molecule has 2 aromatic rings. The Morgan fingerprint density at radius 3 is 1.69 bits per heavy atom. The Bertz CT molecular complexity index is 551. The van der Waals surface area contributed by atoms with Crippen molar-refractivity contribution in [2.75, 3.05) is 0 Å². The molecule has 0 aliphatic rings. The van der Waals surface area contributed by atoms with Crippen LogP contribution in [0.4, 0.5) is 0 Å². The fourth-order valence-corrected chi connectivity index (χ4v) is 2.71. The summed E-state index contributed by atoms with van der Waals surface area (Å²) < 4.78 is 0. The molecule has 2 nitrogen and oxygen atoms in total. The summed E-state index contributed by atoms with van der Waals surface area (Å²) in [6, 6.07) is 7.85. The smallest absolute Gasteiger partial charge is 0.101 e. The second kappa shape index (κ2) is 4.76. The van der Waals surface area contributed by atoms with Gasteiger partial charge in [0, 0.05) is 9.75 Å². The first kappa shape index (κ1) is 10.6. The summed E-state index contributed by atoms with van der Waals surface area (Å²) >= 11 is 3.04. The van der Waals surface area contributed by atoms with E-state index in [0.29, 0.717) is 11.1 Å². The Morgan fingerprint density at radius 1 is 0.875 bits per heavy atom. The molecule has 2 aromatic heterocycles. The van der Waals surface area contributed by atoms with Crippen molar-refractivity contribution < 1.29 is 0 Å². The summed E-state index contributed by atoms with van der Waals surface area (Å²) in [6.45, 7) is 0. The average molecular weight is 242 g/mol. The molecular weight excluding hydrogens is 236 g/mol. The maximum atomic E-state index is 8.84. The number of thiophene rings is 2. The molecular formula is C12H6N2S2. The van der Waals surface area contributed by atoms with Gasteiger partial charge >= 0.3 is 0 Å². The van der Waals surface area contributed by atoms with E-state index in [0.717, 1.165) is 9.75 Å². The molecule has 0 radical (unpaired) electrons. The van der Waals surface area contributed by atoms with Crippen LogP contribution < -0.4 is 0 Å². The lowest BCUT2D eigenvalue weighted by atomic mass is 10.2. The molecule has 2 heterocycles. The van der Waals surface area contributed by atoms with E-state index in [9.17, 15) is 0 Å². The number of nitrogens with zero attached hydrogens (tertiary/aromatic N) is 2. The third kappa shape index (κ3) is 2.04. The highest BCUT2D eigenvalue weighted by Crippen LogP contribution is 2.22. The molecule has 0 bridgehead atoms. The molecule has 0 aromatic carbocycles. The molecule has 2 rings (SSSR count). The number of nitriles is 2. The molecule has 0 atom stereocenters. The minimum atomic E-state index is 0.677. The maximum absolute atomic E-state index is 8.84. The molecule has 4 heteroatoms. The maximum Gasteiger partial charge on any atom is 0.101 e. The molecule has 76 valence electrons. The van der Waals surface area contributed by atoms with Gasteiger partial charge in [0.2, 0.25) is 0 Å². The van der Waals surface area contributed by atoms with Gasteiger partial charge < -0.3 is 0 Å². The van der Waals surface area contributed by atoms with E-state index in [4.69, 9.17) is 10.5 Å².